The molecule has 1 atom stereocenters. The van der Waals surface area contributed by atoms with E-state index in [1.807, 2.05) is 12.1 Å². The summed E-state index contributed by atoms with van der Waals surface area (Å²) in [4.78, 5) is 6.01. The van der Waals surface area contributed by atoms with Crippen molar-refractivity contribution >= 4 is 33.7 Å². The van der Waals surface area contributed by atoms with E-state index >= 15 is 0 Å². The summed E-state index contributed by atoms with van der Waals surface area (Å²) in [6.07, 6.45) is 0. The number of fused-ring (bicyclic) bond motifs is 1. The summed E-state index contributed by atoms with van der Waals surface area (Å²) in [5.74, 6) is 1.01. The van der Waals surface area contributed by atoms with E-state index in [-0.39, 0.29) is 0 Å². The summed E-state index contributed by atoms with van der Waals surface area (Å²) in [7, 11) is -0.398. The Morgan fingerprint density at radius 1 is 0.958 bits per heavy atom. The van der Waals surface area contributed by atoms with Crippen LogP contribution in [0.3, 0.4) is 0 Å². The fourth-order valence-corrected chi connectivity index (χ4v) is 5.14. The SMILES string of the molecule is Cc1ccccc1-c1ccc2c(c1)[SH](Cc1ccc(Cl)cc1)C=N2. The van der Waals surface area contributed by atoms with E-state index in [9.17, 15) is 0 Å². The van der Waals surface area contributed by atoms with Gasteiger partial charge in [-0.15, -0.1) is 0 Å². The number of aliphatic imine (C=N–C) groups is 1. The number of nitrogens with zero attached hydrogens (tertiary/aromatic N) is 1. The van der Waals surface area contributed by atoms with Gasteiger partial charge in [-0.05, 0) is 53.4 Å². The zero-order valence-corrected chi connectivity index (χ0v) is 15.1. The van der Waals surface area contributed by atoms with Gasteiger partial charge >= 0.3 is 0 Å². The van der Waals surface area contributed by atoms with Crippen LogP contribution < -0.4 is 0 Å². The molecule has 24 heavy (non-hydrogen) atoms. The van der Waals surface area contributed by atoms with Crippen molar-refractivity contribution in [1.29, 1.82) is 0 Å². The van der Waals surface area contributed by atoms with Crippen LogP contribution in [-0.4, -0.2) is 5.55 Å². The van der Waals surface area contributed by atoms with Crippen LogP contribution in [0.5, 0.6) is 0 Å². The van der Waals surface area contributed by atoms with Gasteiger partial charge in [-0.25, -0.2) is 0 Å². The van der Waals surface area contributed by atoms with E-state index in [1.165, 1.54) is 27.1 Å². The highest BCUT2D eigenvalue weighted by Crippen LogP contribution is 2.49. The molecule has 0 amide bonds. The second kappa shape index (κ2) is 6.46. The number of aryl methyl sites for hydroxylation is 1. The maximum absolute atomic E-state index is 5.99. The Labute approximate surface area is 150 Å². The summed E-state index contributed by atoms with van der Waals surface area (Å²) in [5, 5.41) is 0.786. The first-order valence-electron chi connectivity index (χ1n) is 7.96. The largest absolute Gasteiger partial charge is 0.250 e. The summed E-state index contributed by atoms with van der Waals surface area (Å²) in [5.41, 5.74) is 8.45. The van der Waals surface area contributed by atoms with Crippen molar-refractivity contribution in [3.63, 3.8) is 0 Å². The third-order valence-electron chi connectivity index (χ3n) is 4.34. The van der Waals surface area contributed by atoms with Gasteiger partial charge in [0.2, 0.25) is 0 Å². The third-order valence-corrected chi connectivity index (χ3v) is 6.67. The zero-order valence-electron chi connectivity index (χ0n) is 13.4. The molecule has 0 radical (unpaired) electrons. The topological polar surface area (TPSA) is 12.4 Å². The van der Waals surface area contributed by atoms with Crippen LogP contribution in [0, 0.1) is 6.92 Å². The quantitative estimate of drug-likeness (QED) is 0.514. The van der Waals surface area contributed by atoms with Crippen LogP contribution in [0.1, 0.15) is 11.1 Å². The van der Waals surface area contributed by atoms with Gasteiger partial charge in [0, 0.05) is 21.2 Å². The zero-order chi connectivity index (χ0) is 16.5. The fourth-order valence-electron chi connectivity index (χ4n) is 3.03. The Hall–Kier alpha value is -2.03. The van der Waals surface area contributed by atoms with Crippen molar-refractivity contribution in [2.45, 2.75) is 17.6 Å². The summed E-state index contributed by atoms with van der Waals surface area (Å²) >= 11 is 5.99. The van der Waals surface area contributed by atoms with Gasteiger partial charge in [-0.1, -0.05) is 54.1 Å². The molecule has 0 aromatic heterocycles. The molecule has 4 rings (SSSR count). The first-order valence-corrected chi connectivity index (χ1v) is 9.93. The molecule has 3 aromatic rings. The van der Waals surface area contributed by atoms with E-state index in [4.69, 9.17) is 11.6 Å². The van der Waals surface area contributed by atoms with Crippen molar-refractivity contribution in [2.24, 2.45) is 4.99 Å². The summed E-state index contributed by atoms with van der Waals surface area (Å²) in [6, 6.07) is 23.3. The lowest BCUT2D eigenvalue weighted by atomic mass is 10.0. The predicted molar refractivity (Wildman–Crippen MR) is 107 cm³/mol. The Bertz CT molecular complexity index is 915. The smallest absolute Gasteiger partial charge is 0.0757 e. The summed E-state index contributed by atoms with van der Waals surface area (Å²) < 4.78 is 0. The number of thiol groups is 1. The predicted octanol–water partition coefficient (Wildman–Crippen LogP) is 6.55. The van der Waals surface area contributed by atoms with Gasteiger partial charge in [-0.3, -0.25) is 4.99 Å². The number of halogens is 1. The molecule has 1 heterocycles. The van der Waals surface area contributed by atoms with E-state index in [2.05, 4.69) is 72.1 Å². The molecular weight excluding hydrogens is 334 g/mol. The molecular formula is C21H18ClNS. The lowest BCUT2D eigenvalue weighted by Gasteiger charge is -2.16. The van der Waals surface area contributed by atoms with Crippen molar-refractivity contribution in [3.05, 3.63) is 82.9 Å². The maximum Gasteiger partial charge on any atom is 0.0757 e. The Morgan fingerprint density at radius 3 is 2.54 bits per heavy atom. The lowest BCUT2D eigenvalue weighted by Crippen LogP contribution is -1.89. The Kier molecular flexibility index (Phi) is 4.17. The molecule has 3 aromatic carbocycles. The maximum atomic E-state index is 5.99. The fraction of sp³-hybridized carbons (Fsp3) is 0.0952. The normalized spacial score (nSPS) is 17.0. The molecule has 3 heteroatoms. The molecule has 1 aliphatic rings. The first-order chi connectivity index (χ1) is 11.7. The second-order valence-electron chi connectivity index (χ2n) is 6.02. The van der Waals surface area contributed by atoms with Crippen molar-refractivity contribution in [3.8, 4) is 11.1 Å². The van der Waals surface area contributed by atoms with Crippen molar-refractivity contribution in [2.75, 3.05) is 0 Å². The van der Waals surface area contributed by atoms with Crippen molar-refractivity contribution in [1.82, 2.24) is 0 Å². The van der Waals surface area contributed by atoms with Crippen LogP contribution >= 0.6 is 22.5 Å². The van der Waals surface area contributed by atoms with Gasteiger partial charge in [0.25, 0.3) is 0 Å². The molecule has 1 unspecified atom stereocenters. The van der Waals surface area contributed by atoms with E-state index in [0.29, 0.717) is 0 Å². The van der Waals surface area contributed by atoms with Crippen LogP contribution in [-0.2, 0) is 5.75 Å². The average molecular weight is 352 g/mol. The summed E-state index contributed by atoms with van der Waals surface area (Å²) in [6.45, 7) is 2.16. The first kappa shape index (κ1) is 15.5. The van der Waals surface area contributed by atoms with Gasteiger partial charge in [0.15, 0.2) is 0 Å². The average Bonchev–Trinajstić information content (AvgIpc) is 2.99. The van der Waals surface area contributed by atoms with Gasteiger partial charge in [0.1, 0.15) is 0 Å². The van der Waals surface area contributed by atoms with E-state index < -0.39 is 10.9 Å². The van der Waals surface area contributed by atoms with E-state index in [1.54, 1.807) is 0 Å². The van der Waals surface area contributed by atoms with Gasteiger partial charge in [0.05, 0.1) is 5.69 Å². The Balaban J connectivity index is 1.67. The van der Waals surface area contributed by atoms with E-state index in [0.717, 1.165) is 16.5 Å². The highest BCUT2D eigenvalue weighted by atomic mass is 35.5. The van der Waals surface area contributed by atoms with Crippen molar-refractivity contribution < 1.29 is 0 Å². The van der Waals surface area contributed by atoms with Crippen LogP contribution in [0.15, 0.2) is 76.6 Å². The lowest BCUT2D eigenvalue weighted by molar-refractivity contribution is 1.36. The molecule has 0 N–H and O–H groups in total. The molecule has 0 spiro atoms. The number of hydrogen-bond acceptors (Lipinski definition) is 1. The van der Waals surface area contributed by atoms with Crippen LogP contribution in [0.25, 0.3) is 11.1 Å². The molecule has 120 valence electrons. The molecule has 0 saturated heterocycles. The third kappa shape index (κ3) is 3.00. The highest BCUT2D eigenvalue weighted by Gasteiger charge is 2.17. The molecule has 0 fully saturated rings. The molecule has 0 aliphatic carbocycles. The van der Waals surface area contributed by atoms with Crippen LogP contribution in [0.2, 0.25) is 5.02 Å². The Morgan fingerprint density at radius 2 is 1.75 bits per heavy atom. The molecule has 1 aliphatic heterocycles. The van der Waals surface area contributed by atoms with Gasteiger partial charge < -0.3 is 0 Å². The van der Waals surface area contributed by atoms with Crippen LogP contribution in [0.4, 0.5) is 5.69 Å². The van der Waals surface area contributed by atoms with Gasteiger partial charge in [-0.2, -0.15) is 10.9 Å². The minimum Gasteiger partial charge on any atom is -0.250 e. The minimum atomic E-state index is -0.398. The molecule has 0 saturated carbocycles. The highest BCUT2D eigenvalue weighted by molar-refractivity contribution is 8.28. The minimum absolute atomic E-state index is 0.398. The monoisotopic (exact) mass is 351 g/mol. The standard InChI is InChI=1S/C21H18ClNS/c1-15-4-2-3-5-19(15)17-8-11-20-21(12-17)24(14-23-20)13-16-6-9-18(22)10-7-16/h2-12,14,24H,13H2,1H3. The molecule has 1 nitrogen and oxygen atoms in total. The number of rotatable bonds is 3. The molecule has 0 bridgehead atoms. The second-order valence-corrected chi connectivity index (χ2v) is 8.42. The number of hydrogen-bond donors (Lipinski definition) is 1. The number of benzene rings is 3.